The van der Waals surface area contributed by atoms with Crippen LogP contribution in [0, 0.1) is 0 Å². The number of anilines is 2. The Kier molecular flexibility index (Phi) is 7.48. The Hall–Kier alpha value is -3.80. The minimum atomic E-state index is -0.0838. The van der Waals surface area contributed by atoms with E-state index in [2.05, 4.69) is 36.0 Å². The number of rotatable bonds is 8. The molecule has 1 saturated heterocycles. The molecule has 2 amide bonds. The van der Waals surface area contributed by atoms with Crippen LogP contribution in [0.1, 0.15) is 6.92 Å². The topological polar surface area (TPSA) is 134 Å². The molecule has 2 aromatic heterocycles. The van der Waals surface area contributed by atoms with Gasteiger partial charge in [-0.2, -0.15) is 0 Å². The lowest BCUT2D eigenvalue weighted by Crippen LogP contribution is -2.50. The fourth-order valence-electron chi connectivity index (χ4n) is 3.52. The van der Waals surface area contributed by atoms with Crippen molar-refractivity contribution in [2.45, 2.75) is 13.5 Å². The fraction of sp³-hybridized carbons (Fsp3) is 0.381. The van der Waals surface area contributed by atoms with E-state index < -0.39 is 0 Å². The van der Waals surface area contributed by atoms with E-state index in [0.717, 1.165) is 11.4 Å². The third kappa shape index (κ3) is 6.16. The molecule has 0 spiro atoms. The first-order valence-electron chi connectivity index (χ1n) is 10.8. The van der Waals surface area contributed by atoms with Crippen LogP contribution in [0.4, 0.5) is 11.6 Å². The molecule has 2 N–H and O–H groups in total. The SMILES string of the molecule is CC(=O)NCCNc1cc(N2CCN(C(=O)Cn3cnnn3)CC2)nc(-c2ccc(Cl)cc2)n1. The predicted octanol–water partition coefficient (Wildman–Crippen LogP) is 0.680. The maximum absolute atomic E-state index is 12.5. The number of carbonyl (C=O) groups is 2. The number of piperazine rings is 1. The quantitative estimate of drug-likeness (QED) is 0.442. The van der Waals surface area contributed by atoms with Crippen LogP contribution in [-0.2, 0) is 16.1 Å². The summed E-state index contributed by atoms with van der Waals surface area (Å²) in [5.74, 6) is 1.86. The summed E-state index contributed by atoms with van der Waals surface area (Å²) in [6, 6.07) is 9.22. The normalized spacial score (nSPS) is 13.6. The molecule has 3 aromatic rings. The van der Waals surface area contributed by atoms with E-state index in [1.54, 1.807) is 17.0 Å². The van der Waals surface area contributed by atoms with Crippen molar-refractivity contribution in [3.63, 3.8) is 0 Å². The summed E-state index contributed by atoms with van der Waals surface area (Å²) in [7, 11) is 0. The van der Waals surface area contributed by atoms with Crippen LogP contribution in [0.5, 0.6) is 0 Å². The zero-order valence-corrected chi connectivity index (χ0v) is 19.4. The first-order chi connectivity index (χ1) is 16.5. The van der Waals surface area contributed by atoms with Crippen LogP contribution in [-0.4, -0.2) is 86.2 Å². The van der Waals surface area contributed by atoms with Crippen LogP contribution in [0.3, 0.4) is 0 Å². The molecular formula is C21H25ClN10O2. The highest BCUT2D eigenvalue weighted by molar-refractivity contribution is 6.30. The zero-order valence-electron chi connectivity index (χ0n) is 18.7. The van der Waals surface area contributed by atoms with E-state index in [-0.39, 0.29) is 18.4 Å². The van der Waals surface area contributed by atoms with Crippen molar-refractivity contribution in [1.82, 2.24) is 40.4 Å². The summed E-state index contributed by atoms with van der Waals surface area (Å²) in [5, 5.41) is 17.5. The lowest BCUT2D eigenvalue weighted by Gasteiger charge is -2.35. The Balaban J connectivity index is 1.46. The molecule has 0 atom stereocenters. The van der Waals surface area contributed by atoms with Crippen LogP contribution in [0.25, 0.3) is 11.4 Å². The second-order valence-corrected chi connectivity index (χ2v) is 8.16. The maximum atomic E-state index is 12.5. The first kappa shape index (κ1) is 23.4. The largest absolute Gasteiger partial charge is 0.368 e. The van der Waals surface area contributed by atoms with Gasteiger partial charge in [-0.05, 0) is 34.7 Å². The van der Waals surface area contributed by atoms with Crippen molar-refractivity contribution >= 4 is 35.1 Å². The molecule has 0 aliphatic carbocycles. The average Bonchev–Trinajstić information content (AvgIpc) is 3.35. The summed E-state index contributed by atoms with van der Waals surface area (Å²) < 4.78 is 1.41. The van der Waals surface area contributed by atoms with Gasteiger partial charge in [0.25, 0.3) is 0 Å². The van der Waals surface area contributed by atoms with Crippen LogP contribution in [0.2, 0.25) is 5.02 Å². The molecule has 0 unspecified atom stereocenters. The standard InChI is InChI=1S/C21H25ClN10O2/c1-15(33)23-6-7-24-18-12-19(27-21(26-18)16-2-4-17(22)5-3-16)30-8-10-31(11-9-30)20(34)13-32-14-25-28-29-32/h2-5,12,14H,6-11,13H2,1H3,(H,23,33)(H,24,26,27). The Morgan fingerprint density at radius 2 is 1.82 bits per heavy atom. The van der Waals surface area contributed by atoms with Crippen molar-refractivity contribution in [3.8, 4) is 11.4 Å². The second-order valence-electron chi connectivity index (χ2n) is 7.73. The molecule has 178 valence electrons. The number of aromatic nitrogens is 6. The lowest BCUT2D eigenvalue weighted by atomic mass is 10.2. The maximum Gasteiger partial charge on any atom is 0.244 e. The van der Waals surface area contributed by atoms with Crippen molar-refractivity contribution < 1.29 is 9.59 Å². The van der Waals surface area contributed by atoms with Gasteiger partial charge in [-0.3, -0.25) is 9.59 Å². The number of amides is 2. The molecular weight excluding hydrogens is 460 g/mol. The number of benzene rings is 1. The van der Waals surface area contributed by atoms with Crippen molar-refractivity contribution in [2.24, 2.45) is 0 Å². The highest BCUT2D eigenvalue weighted by atomic mass is 35.5. The van der Waals surface area contributed by atoms with Gasteiger partial charge in [-0.15, -0.1) is 5.10 Å². The van der Waals surface area contributed by atoms with Gasteiger partial charge < -0.3 is 20.4 Å². The molecule has 1 fully saturated rings. The Bertz CT molecular complexity index is 1120. The monoisotopic (exact) mass is 484 g/mol. The van der Waals surface area contributed by atoms with E-state index in [0.29, 0.717) is 55.9 Å². The summed E-state index contributed by atoms with van der Waals surface area (Å²) in [4.78, 5) is 37.0. The minimum absolute atomic E-state index is 0.0307. The van der Waals surface area contributed by atoms with Crippen LogP contribution >= 0.6 is 11.6 Å². The summed E-state index contributed by atoms with van der Waals surface area (Å²) in [6.45, 7) is 4.98. The number of nitrogens with zero attached hydrogens (tertiary/aromatic N) is 8. The van der Waals surface area contributed by atoms with Gasteiger partial charge >= 0.3 is 0 Å². The molecule has 1 aliphatic heterocycles. The molecule has 0 bridgehead atoms. The molecule has 0 radical (unpaired) electrons. The zero-order chi connectivity index (χ0) is 23.9. The number of nitrogens with one attached hydrogen (secondary N) is 2. The lowest BCUT2D eigenvalue weighted by molar-refractivity contribution is -0.132. The molecule has 3 heterocycles. The highest BCUT2D eigenvalue weighted by Crippen LogP contribution is 2.24. The molecule has 34 heavy (non-hydrogen) atoms. The van der Waals surface area contributed by atoms with E-state index in [4.69, 9.17) is 16.6 Å². The van der Waals surface area contributed by atoms with Gasteiger partial charge in [-0.25, -0.2) is 14.6 Å². The number of hydrogen-bond acceptors (Lipinski definition) is 9. The molecule has 1 aliphatic rings. The van der Waals surface area contributed by atoms with Crippen LogP contribution in [0.15, 0.2) is 36.7 Å². The summed E-state index contributed by atoms with van der Waals surface area (Å²) in [6.07, 6.45) is 1.42. The minimum Gasteiger partial charge on any atom is -0.368 e. The molecule has 4 rings (SSSR count). The third-order valence-corrected chi connectivity index (χ3v) is 5.52. The third-order valence-electron chi connectivity index (χ3n) is 5.27. The molecule has 0 saturated carbocycles. The second kappa shape index (κ2) is 10.9. The van der Waals surface area contributed by atoms with Crippen LogP contribution < -0.4 is 15.5 Å². The van der Waals surface area contributed by atoms with E-state index in [1.807, 2.05) is 18.2 Å². The van der Waals surface area contributed by atoms with Crippen molar-refractivity contribution in [2.75, 3.05) is 49.5 Å². The van der Waals surface area contributed by atoms with E-state index in [1.165, 1.54) is 17.9 Å². The molecule has 12 nitrogen and oxygen atoms in total. The molecule has 13 heteroatoms. The Morgan fingerprint density at radius 1 is 1.06 bits per heavy atom. The average molecular weight is 485 g/mol. The highest BCUT2D eigenvalue weighted by Gasteiger charge is 2.23. The molecule has 1 aromatic carbocycles. The van der Waals surface area contributed by atoms with Gasteiger partial charge in [0.15, 0.2) is 5.82 Å². The fourth-order valence-corrected chi connectivity index (χ4v) is 3.65. The summed E-state index contributed by atoms with van der Waals surface area (Å²) >= 11 is 6.04. The number of halogens is 1. The van der Waals surface area contributed by atoms with Gasteiger partial charge in [0, 0.05) is 62.8 Å². The van der Waals surface area contributed by atoms with Gasteiger partial charge in [0.05, 0.1) is 0 Å². The number of tetrazole rings is 1. The predicted molar refractivity (Wildman–Crippen MR) is 126 cm³/mol. The van der Waals surface area contributed by atoms with Crippen molar-refractivity contribution in [3.05, 3.63) is 41.7 Å². The smallest absolute Gasteiger partial charge is 0.244 e. The Morgan fingerprint density at radius 3 is 2.50 bits per heavy atom. The van der Waals surface area contributed by atoms with Gasteiger partial charge in [0.2, 0.25) is 11.8 Å². The van der Waals surface area contributed by atoms with Gasteiger partial charge in [0.1, 0.15) is 24.5 Å². The van der Waals surface area contributed by atoms with E-state index in [9.17, 15) is 9.59 Å². The first-order valence-corrected chi connectivity index (χ1v) is 11.2. The number of carbonyl (C=O) groups excluding carboxylic acids is 2. The van der Waals surface area contributed by atoms with E-state index >= 15 is 0 Å². The number of hydrogen-bond donors (Lipinski definition) is 2. The summed E-state index contributed by atoms with van der Waals surface area (Å²) in [5.41, 5.74) is 0.839. The van der Waals surface area contributed by atoms with Gasteiger partial charge in [-0.1, -0.05) is 11.6 Å². The Labute approximate surface area is 201 Å². The van der Waals surface area contributed by atoms with Crippen molar-refractivity contribution in [1.29, 1.82) is 0 Å².